The summed E-state index contributed by atoms with van der Waals surface area (Å²) in [7, 11) is 1.83. The molecule has 0 spiro atoms. The summed E-state index contributed by atoms with van der Waals surface area (Å²) < 4.78 is 1.69. The van der Waals surface area contributed by atoms with E-state index < -0.39 is 0 Å². The minimum atomic E-state index is 0.0308. The second-order valence-corrected chi connectivity index (χ2v) is 7.15. The maximum Gasteiger partial charge on any atom is 0.272 e. The van der Waals surface area contributed by atoms with Crippen LogP contribution in [0, 0.1) is 17.2 Å². The summed E-state index contributed by atoms with van der Waals surface area (Å²) in [6, 6.07) is 11.8. The average molecular weight is 351 g/mol. The molecule has 0 bridgehead atoms. The van der Waals surface area contributed by atoms with E-state index in [0.29, 0.717) is 30.3 Å². The average Bonchev–Trinajstić information content (AvgIpc) is 3.00. The Bertz CT molecular complexity index is 825. The molecule has 2 aromatic rings. The largest absolute Gasteiger partial charge is 0.367 e. The zero-order valence-electron chi connectivity index (χ0n) is 15.6. The van der Waals surface area contributed by atoms with Gasteiger partial charge in [-0.25, -0.2) is 0 Å². The molecule has 1 aromatic carbocycles. The summed E-state index contributed by atoms with van der Waals surface area (Å²) in [5, 5.41) is 13.8. The van der Waals surface area contributed by atoms with Crippen molar-refractivity contribution >= 4 is 11.6 Å². The predicted molar refractivity (Wildman–Crippen MR) is 101 cm³/mol. The number of piperazine rings is 1. The number of hydrogen-bond acceptors (Lipinski definition) is 4. The van der Waals surface area contributed by atoms with E-state index >= 15 is 0 Å². The van der Waals surface area contributed by atoms with Crippen molar-refractivity contribution in [2.45, 2.75) is 20.3 Å². The van der Waals surface area contributed by atoms with Crippen LogP contribution < -0.4 is 4.90 Å². The van der Waals surface area contributed by atoms with E-state index in [0.717, 1.165) is 30.9 Å². The molecule has 1 fully saturated rings. The van der Waals surface area contributed by atoms with E-state index in [1.165, 1.54) is 0 Å². The van der Waals surface area contributed by atoms with Crippen molar-refractivity contribution in [3.05, 3.63) is 47.3 Å². The number of rotatable bonds is 4. The Balaban J connectivity index is 1.67. The quantitative estimate of drug-likeness (QED) is 0.849. The van der Waals surface area contributed by atoms with E-state index in [1.807, 2.05) is 42.3 Å². The minimum Gasteiger partial charge on any atom is -0.367 e. The van der Waals surface area contributed by atoms with Gasteiger partial charge in [-0.05, 0) is 30.5 Å². The van der Waals surface area contributed by atoms with Crippen LogP contribution in [0.5, 0.6) is 0 Å². The standard InChI is InChI=1S/C20H25N5O/c1-15(2)12-17-13-19(23(3)22-17)20(26)25-10-8-24(9-11-25)18-7-5-4-6-16(18)14-21/h4-7,13,15H,8-12H2,1-3H3. The van der Waals surface area contributed by atoms with Gasteiger partial charge in [0, 0.05) is 33.2 Å². The Hall–Kier alpha value is -2.81. The van der Waals surface area contributed by atoms with E-state index in [9.17, 15) is 10.1 Å². The van der Waals surface area contributed by atoms with E-state index in [2.05, 4.69) is 29.9 Å². The molecule has 1 aliphatic rings. The number of carbonyl (C=O) groups excluding carboxylic acids is 1. The second kappa shape index (κ2) is 7.61. The topological polar surface area (TPSA) is 65.2 Å². The molecule has 0 N–H and O–H groups in total. The van der Waals surface area contributed by atoms with Gasteiger partial charge in [0.25, 0.3) is 5.91 Å². The van der Waals surface area contributed by atoms with Crippen molar-refractivity contribution < 1.29 is 4.79 Å². The Morgan fingerprint density at radius 3 is 2.58 bits per heavy atom. The summed E-state index contributed by atoms with van der Waals surface area (Å²) in [5.74, 6) is 0.542. The zero-order chi connectivity index (χ0) is 18.7. The Kier molecular flexibility index (Phi) is 5.27. The van der Waals surface area contributed by atoms with Crippen molar-refractivity contribution in [1.82, 2.24) is 14.7 Å². The molecule has 0 radical (unpaired) electrons. The van der Waals surface area contributed by atoms with Crippen molar-refractivity contribution in [2.24, 2.45) is 13.0 Å². The first-order valence-electron chi connectivity index (χ1n) is 9.06. The van der Waals surface area contributed by atoms with Crippen LogP contribution in [0.3, 0.4) is 0 Å². The summed E-state index contributed by atoms with van der Waals surface area (Å²) >= 11 is 0. The fourth-order valence-corrected chi connectivity index (χ4v) is 3.40. The number of anilines is 1. The number of nitrogens with zero attached hydrogens (tertiary/aromatic N) is 5. The Morgan fingerprint density at radius 1 is 1.23 bits per heavy atom. The van der Waals surface area contributed by atoms with Crippen LogP contribution in [0.2, 0.25) is 0 Å². The summed E-state index contributed by atoms with van der Waals surface area (Å²) in [6.45, 7) is 7.03. The lowest BCUT2D eigenvalue weighted by Gasteiger charge is -2.36. The normalized spacial score (nSPS) is 14.6. The van der Waals surface area contributed by atoms with Crippen LogP contribution in [-0.2, 0) is 13.5 Å². The molecule has 1 saturated heterocycles. The monoisotopic (exact) mass is 351 g/mol. The van der Waals surface area contributed by atoms with Gasteiger partial charge in [0.15, 0.2) is 0 Å². The Morgan fingerprint density at radius 2 is 1.92 bits per heavy atom. The number of benzene rings is 1. The minimum absolute atomic E-state index is 0.0308. The highest BCUT2D eigenvalue weighted by Crippen LogP contribution is 2.21. The molecule has 6 nitrogen and oxygen atoms in total. The molecule has 1 aromatic heterocycles. The van der Waals surface area contributed by atoms with Crippen LogP contribution in [0.25, 0.3) is 0 Å². The predicted octanol–water partition coefficient (Wildman–Crippen LogP) is 2.45. The van der Waals surface area contributed by atoms with E-state index in [4.69, 9.17) is 0 Å². The highest BCUT2D eigenvalue weighted by atomic mass is 16.2. The van der Waals surface area contributed by atoms with Crippen LogP contribution >= 0.6 is 0 Å². The summed E-state index contributed by atoms with van der Waals surface area (Å²) in [6.07, 6.45) is 0.875. The number of aryl methyl sites for hydroxylation is 1. The molecule has 0 unspecified atom stereocenters. The third-order valence-electron chi connectivity index (χ3n) is 4.70. The molecule has 0 saturated carbocycles. The van der Waals surface area contributed by atoms with Crippen LogP contribution in [0.4, 0.5) is 5.69 Å². The number of carbonyl (C=O) groups is 1. The zero-order valence-corrected chi connectivity index (χ0v) is 15.6. The molecule has 6 heteroatoms. The first-order valence-corrected chi connectivity index (χ1v) is 9.06. The number of amides is 1. The van der Waals surface area contributed by atoms with Crippen molar-refractivity contribution in [2.75, 3.05) is 31.1 Å². The van der Waals surface area contributed by atoms with Gasteiger partial charge in [-0.2, -0.15) is 10.4 Å². The van der Waals surface area contributed by atoms with Crippen molar-refractivity contribution in [1.29, 1.82) is 5.26 Å². The van der Waals surface area contributed by atoms with Gasteiger partial charge >= 0.3 is 0 Å². The van der Waals surface area contributed by atoms with Crippen LogP contribution in [0.1, 0.15) is 35.6 Å². The van der Waals surface area contributed by atoms with Crippen LogP contribution in [-0.4, -0.2) is 46.8 Å². The number of nitriles is 1. The molecule has 1 amide bonds. The van der Waals surface area contributed by atoms with Gasteiger partial charge in [0.2, 0.25) is 0 Å². The third-order valence-corrected chi connectivity index (χ3v) is 4.70. The van der Waals surface area contributed by atoms with Gasteiger partial charge in [-0.1, -0.05) is 26.0 Å². The maximum atomic E-state index is 12.9. The van der Waals surface area contributed by atoms with E-state index in [1.54, 1.807) is 4.68 Å². The molecular formula is C20H25N5O. The number of aromatic nitrogens is 2. The number of para-hydroxylation sites is 1. The lowest BCUT2D eigenvalue weighted by Crippen LogP contribution is -2.49. The Labute approximate surface area is 154 Å². The van der Waals surface area contributed by atoms with Gasteiger partial charge in [-0.15, -0.1) is 0 Å². The second-order valence-electron chi connectivity index (χ2n) is 7.15. The molecule has 1 aliphatic heterocycles. The van der Waals surface area contributed by atoms with E-state index in [-0.39, 0.29) is 5.91 Å². The van der Waals surface area contributed by atoms with Crippen molar-refractivity contribution in [3.8, 4) is 6.07 Å². The highest BCUT2D eigenvalue weighted by Gasteiger charge is 2.25. The molecule has 26 heavy (non-hydrogen) atoms. The van der Waals surface area contributed by atoms with Crippen molar-refractivity contribution in [3.63, 3.8) is 0 Å². The molecule has 2 heterocycles. The van der Waals surface area contributed by atoms with Gasteiger partial charge < -0.3 is 9.80 Å². The lowest BCUT2D eigenvalue weighted by molar-refractivity contribution is 0.0735. The fourth-order valence-electron chi connectivity index (χ4n) is 3.40. The fraction of sp³-hybridized carbons (Fsp3) is 0.450. The molecule has 3 rings (SSSR count). The first kappa shape index (κ1) is 18.0. The smallest absolute Gasteiger partial charge is 0.272 e. The molecule has 0 aliphatic carbocycles. The molecule has 0 atom stereocenters. The summed E-state index contributed by atoms with van der Waals surface area (Å²) in [4.78, 5) is 16.9. The molecule has 136 valence electrons. The lowest BCUT2D eigenvalue weighted by atomic mass is 10.1. The third kappa shape index (κ3) is 3.72. The first-order chi connectivity index (χ1) is 12.5. The van der Waals surface area contributed by atoms with Crippen LogP contribution in [0.15, 0.2) is 30.3 Å². The highest BCUT2D eigenvalue weighted by molar-refractivity contribution is 5.93. The summed E-state index contributed by atoms with van der Waals surface area (Å²) in [5.41, 5.74) is 3.23. The number of hydrogen-bond donors (Lipinski definition) is 0. The maximum absolute atomic E-state index is 12.9. The SMILES string of the molecule is CC(C)Cc1cc(C(=O)N2CCN(c3ccccc3C#N)CC2)n(C)n1. The van der Waals surface area contributed by atoms with Gasteiger partial charge in [-0.3, -0.25) is 9.48 Å². The molecular weight excluding hydrogens is 326 g/mol. The van der Waals surface area contributed by atoms with Gasteiger partial charge in [0.1, 0.15) is 11.8 Å². The van der Waals surface area contributed by atoms with Gasteiger partial charge in [0.05, 0.1) is 16.9 Å².